The average molecular weight is 388 g/mol. The van der Waals surface area contributed by atoms with Crippen LogP contribution in [0, 0.1) is 21.3 Å². The number of carboxylic acids is 1. The molecule has 1 N–H and O–H groups in total. The van der Waals surface area contributed by atoms with Gasteiger partial charge in [-0.15, -0.1) is 0 Å². The van der Waals surface area contributed by atoms with Crippen molar-refractivity contribution in [2.45, 2.75) is 46.9 Å². The molecule has 140 valence electrons. The highest BCUT2D eigenvalue weighted by molar-refractivity contribution is 7.07. The second-order valence-corrected chi connectivity index (χ2v) is 6.93. The van der Waals surface area contributed by atoms with Crippen molar-refractivity contribution in [3.63, 3.8) is 0 Å². The van der Waals surface area contributed by atoms with Crippen LogP contribution in [0.4, 0.5) is 0 Å². The Bertz CT molecular complexity index is 611. The van der Waals surface area contributed by atoms with Gasteiger partial charge >= 0.3 is 5.97 Å². The summed E-state index contributed by atoms with van der Waals surface area (Å²) in [4.78, 5) is 20.8. The smallest absolute Gasteiger partial charge is 0.370 e. The van der Waals surface area contributed by atoms with Crippen LogP contribution < -0.4 is 9.13 Å². The van der Waals surface area contributed by atoms with Crippen LogP contribution in [-0.4, -0.2) is 29.6 Å². The molecule has 1 fully saturated rings. The maximum absolute atomic E-state index is 10.6. The standard InChI is InChI=1S/C7H10NOS.C6H7NO2S.C3H6O.CH3/c1-6-4-10-5-8(6)3-7(2)9;1-5-3-10-4-7(5)2-6(8)9;1-3-2-4-3;/h4-5H,3H2,1-2H3;3-4H,2H2,1H3;3H,2H2,1H3;1H3/q+1;;;-1/p+1. The van der Waals surface area contributed by atoms with Crippen molar-refractivity contribution in [3.05, 3.63) is 40.6 Å². The molecule has 0 spiro atoms. The van der Waals surface area contributed by atoms with Gasteiger partial charge in [-0.25, -0.2) is 4.79 Å². The fourth-order valence-electron chi connectivity index (χ4n) is 1.51. The van der Waals surface area contributed by atoms with Gasteiger partial charge in [0.15, 0.2) is 17.2 Å². The highest BCUT2D eigenvalue weighted by Gasteiger charge is 2.13. The van der Waals surface area contributed by atoms with Crippen LogP contribution in [0.2, 0.25) is 0 Å². The number of aliphatic carboxylic acids is 1. The van der Waals surface area contributed by atoms with E-state index < -0.39 is 5.97 Å². The van der Waals surface area contributed by atoms with E-state index in [0.717, 1.165) is 18.0 Å². The largest absolute Gasteiger partial charge is 0.477 e. The van der Waals surface area contributed by atoms with Gasteiger partial charge in [-0.05, 0) is 6.92 Å². The Labute approximate surface area is 157 Å². The van der Waals surface area contributed by atoms with Crippen molar-refractivity contribution < 1.29 is 28.6 Å². The summed E-state index contributed by atoms with van der Waals surface area (Å²) in [6, 6.07) is 0. The molecule has 25 heavy (non-hydrogen) atoms. The van der Waals surface area contributed by atoms with Gasteiger partial charge in [0, 0.05) is 20.8 Å². The Morgan fingerprint density at radius 2 is 1.56 bits per heavy atom. The molecule has 0 amide bonds. The minimum absolute atomic E-state index is 0. The summed E-state index contributed by atoms with van der Waals surface area (Å²) in [6.45, 7) is 9.10. The lowest BCUT2D eigenvalue weighted by Gasteiger charge is -1.87. The van der Waals surface area contributed by atoms with Gasteiger partial charge in [0.05, 0.1) is 23.5 Å². The number of nitrogens with zero attached hydrogens (tertiary/aromatic N) is 2. The summed E-state index contributed by atoms with van der Waals surface area (Å²) in [5, 5.41) is 12.3. The highest BCUT2D eigenvalue weighted by atomic mass is 32.1. The van der Waals surface area contributed by atoms with Gasteiger partial charge in [0.25, 0.3) is 0 Å². The van der Waals surface area contributed by atoms with Crippen LogP contribution in [-0.2, 0) is 27.4 Å². The number of hydrogen-bond acceptors (Lipinski definition) is 5. The Kier molecular flexibility index (Phi) is 11.1. The second-order valence-electron chi connectivity index (χ2n) is 5.50. The molecule has 0 saturated carbocycles. The minimum atomic E-state index is -0.800. The summed E-state index contributed by atoms with van der Waals surface area (Å²) >= 11 is 3.13. The van der Waals surface area contributed by atoms with Gasteiger partial charge in [0.1, 0.15) is 0 Å². The molecule has 1 unspecified atom stereocenters. The topological polar surface area (TPSA) is 74.7 Å². The lowest BCUT2D eigenvalue weighted by Crippen LogP contribution is -2.37. The first-order valence-electron chi connectivity index (χ1n) is 7.47. The third-order valence-electron chi connectivity index (χ3n) is 2.96. The Morgan fingerprint density at radius 1 is 1.16 bits per heavy atom. The monoisotopic (exact) mass is 387 g/mol. The number of carbonyl (C=O) groups excluding carboxylic acids is 1. The number of ether oxygens (including phenoxy) is 1. The van der Waals surface area contributed by atoms with Crippen LogP contribution in [0.15, 0.2) is 21.8 Å². The number of ketones is 1. The number of carbonyl (C=O) groups is 2. The molecular weight excluding hydrogens is 360 g/mol. The molecule has 1 aliphatic rings. The van der Waals surface area contributed by atoms with Gasteiger partial charge in [0.2, 0.25) is 24.1 Å². The Morgan fingerprint density at radius 3 is 1.80 bits per heavy atom. The minimum Gasteiger partial charge on any atom is -0.477 e. The molecule has 0 aromatic carbocycles. The first-order chi connectivity index (χ1) is 11.3. The van der Waals surface area contributed by atoms with Crippen LogP contribution in [0.25, 0.3) is 0 Å². The summed E-state index contributed by atoms with van der Waals surface area (Å²) in [5.41, 5.74) is 5.90. The number of Topliss-reactive ketones (excluding diaryl/α,β-unsaturated/α-hetero) is 1. The molecule has 3 rings (SSSR count). The second kappa shape index (κ2) is 11.8. The number of aromatic nitrogens is 2. The van der Waals surface area contributed by atoms with Crippen LogP contribution in [0.1, 0.15) is 25.2 Å². The van der Waals surface area contributed by atoms with E-state index in [4.69, 9.17) is 9.84 Å². The number of rotatable bonds is 4. The van der Waals surface area contributed by atoms with E-state index in [1.807, 2.05) is 34.7 Å². The molecule has 1 aliphatic heterocycles. The zero-order valence-corrected chi connectivity index (χ0v) is 17.0. The molecule has 2 aromatic rings. The van der Waals surface area contributed by atoms with E-state index in [1.54, 1.807) is 28.3 Å². The van der Waals surface area contributed by atoms with E-state index >= 15 is 0 Å². The fraction of sp³-hybridized carbons (Fsp3) is 0.471. The van der Waals surface area contributed by atoms with Crippen molar-refractivity contribution in [2.75, 3.05) is 6.61 Å². The molecule has 2 aromatic heterocycles. The SMILES string of the molecule is CC(=O)C[n+]1cscc1C.CC1CO1.Cc1csc[n+]1CC(=O)O.[CH3-]. The number of aryl methyl sites for hydroxylation is 2. The molecule has 3 heterocycles. The van der Waals surface area contributed by atoms with Crippen molar-refractivity contribution >= 4 is 34.4 Å². The molecule has 1 atom stereocenters. The van der Waals surface area contributed by atoms with Crippen LogP contribution >= 0.6 is 22.7 Å². The fourth-order valence-corrected chi connectivity index (χ4v) is 3.07. The van der Waals surface area contributed by atoms with E-state index in [2.05, 4.69) is 6.92 Å². The maximum atomic E-state index is 10.6. The number of carboxylic acid groups (broad SMARTS) is 1. The van der Waals surface area contributed by atoms with Gasteiger partial charge in [-0.1, -0.05) is 22.7 Å². The Balaban J connectivity index is 0.000000366. The molecule has 0 aliphatic carbocycles. The van der Waals surface area contributed by atoms with Crippen LogP contribution in [0.5, 0.6) is 0 Å². The lowest BCUT2D eigenvalue weighted by atomic mass is 10.4. The molecule has 0 bridgehead atoms. The first kappa shape index (κ1) is 23.4. The predicted molar refractivity (Wildman–Crippen MR) is 98.6 cm³/mol. The molecular formula is C17H27N2O4S2+. The molecule has 0 radical (unpaired) electrons. The van der Waals surface area contributed by atoms with Gasteiger partial charge < -0.3 is 17.3 Å². The number of epoxide rings is 1. The number of thiazole rings is 2. The van der Waals surface area contributed by atoms with E-state index in [0.29, 0.717) is 12.6 Å². The molecule has 1 saturated heterocycles. The molecule has 6 nitrogen and oxygen atoms in total. The predicted octanol–water partition coefficient (Wildman–Crippen LogP) is 2.22. The Hall–Kier alpha value is -1.64. The van der Waals surface area contributed by atoms with Crippen molar-refractivity contribution in [1.29, 1.82) is 0 Å². The maximum Gasteiger partial charge on any atom is 0.370 e. The third kappa shape index (κ3) is 10.8. The zero-order valence-electron chi connectivity index (χ0n) is 15.4. The van der Waals surface area contributed by atoms with Gasteiger partial charge in [-0.2, -0.15) is 9.13 Å². The highest BCUT2D eigenvalue weighted by Crippen LogP contribution is 2.04. The summed E-state index contributed by atoms with van der Waals surface area (Å²) < 4.78 is 8.36. The quantitative estimate of drug-likeness (QED) is 0.496. The summed E-state index contributed by atoms with van der Waals surface area (Å²) in [7, 11) is 0. The zero-order chi connectivity index (χ0) is 18.1. The van der Waals surface area contributed by atoms with Crippen LogP contribution in [0.3, 0.4) is 0 Å². The molecule has 8 heteroatoms. The number of hydrogen-bond donors (Lipinski definition) is 1. The van der Waals surface area contributed by atoms with Gasteiger partial charge in [-0.3, -0.25) is 4.79 Å². The summed E-state index contributed by atoms with van der Waals surface area (Å²) in [5.74, 6) is -0.599. The average Bonchev–Trinajstić information content (AvgIpc) is 3.01. The lowest BCUT2D eigenvalue weighted by molar-refractivity contribution is -0.686. The summed E-state index contributed by atoms with van der Waals surface area (Å²) in [6.07, 6.45) is 0.583. The van der Waals surface area contributed by atoms with E-state index in [9.17, 15) is 9.59 Å². The third-order valence-corrected chi connectivity index (χ3v) is 4.66. The van der Waals surface area contributed by atoms with Crippen molar-refractivity contribution in [3.8, 4) is 0 Å². The first-order valence-corrected chi connectivity index (χ1v) is 9.35. The normalized spacial score (nSPS) is 14.2. The van der Waals surface area contributed by atoms with Crippen molar-refractivity contribution in [1.82, 2.24) is 0 Å². The van der Waals surface area contributed by atoms with E-state index in [1.165, 1.54) is 11.3 Å². The van der Waals surface area contributed by atoms with E-state index in [-0.39, 0.29) is 19.8 Å². The van der Waals surface area contributed by atoms with Crippen molar-refractivity contribution in [2.24, 2.45) is 0 Å².